The third-order valence-corrected chi connectivity index (χ3v) is 2.61. The summed E-state index contributed by atoms with van der Waals surface area (Å²) in [6, 6.07) is 3.44. The number of halogens is 3. The summed E-state index contributed by atoms with van der Waals surface area (Å²) in [6.07, 6.45) is -1.96. The maximum Gasteiger partial charge on any atom is 0.342 e. The van der Waals surface area contributed by atoms with Crippen LogP contribution in [-0.2, 0) is 9.53 Å². The molecule has 7 heteroatoms. The largest absolute Gasteiger partial charge is 0.496 e. The zero-order chi connectivity index (χ0) is 13.7. The SMILES string of the molecule is CCOC(=O)C(F)[C@@H](N)c1cc(Cl)ccc1OC.Cl. The first-order valence-electron chi connectivity index (χ1n) is 5.41. The quantitative estimate of drug-likeness (QED) is 0.849. The minimum atomic E-state index is -1.96. The van der Waals surface area contributed by atoms with Crippen molar-refractivity contribution in [2.45, 2.75) is 19.1 Å². The zero-order valence-corrected chi connectivity index (χ0v) is 12.1. The number of ether oxygens (including phenoxy) is 2. The Morgan fingerprint density at radius 2 is 2.16 bits per heavy atom. The molecule has 0 bridgehead atoms. The van der Waals surface area contributed by atoms with Gasteiger partial charge in [-0.1, -0.05) is 11.6 Å². The van der Waals surface area contributed by atoms with Crippen molar-refractivity contribution in [3.63, 3.8) is 0 Å². The van der Waals surface area contributed by atoms with Gasteiger partial charge in [-0.15, -0.1) is 12.4 Å². The molecular formula is C12H16Cl2FNO3. The first-order valence-corrected chi connectivity index (χ1v) is 5.78. The molecule has 2 N–H and O–H groups in total. The first kappa shape index (κ1) is 18.0. The lowest BCUT2D eigenvalue weighted by atomic mass is 10.0. The van der Waals surface area contributed by atoms with E-state index < -0.39 is 18.2 Å². The van der Waals surface area contributed by atoms with Gasteiger partial charge in [0.15, 0.2) is 0 Å². The average molecular weight is 312 g/mol. The smallest absolute Gasteiger partial charge is 0.342 e. The summed E-state index contributed by atoms with van der Waals surface area (Å²) < 4.78 is 23.4. The summed E-state index contributed by atoms with van der Waals surface area (Å²) in [7, 11) is 1.43. The monoisotopic (exact) mass is 311 g/mol. The van der Waals surface area contributed by atoms with Crippen LogP contribution in [0.25, 0.3) is 0 Å². The van der Waals surface area contributed by atoms with Crippen LogP contribution in [0.15, 0.2) is 18.2 Å². The van der Waals surface area contributed by atoms with Crippen LogP contribution in [0, 0.1) is 0 Å². The van der Waals surface area contributed by atoms with E-state index in [1.54, 1.807) is 19.1 Å². The Kier molecular flexibility index (Phi) is 7.75. The van der Waals surface area contributed by atoms with Gasteiger partial charge in [0, 0.05) is 10.6 Å². The molecule has 0 saturated carbocycles. The summed E-state index contributed by atoms with van der Waals surface area (Å²) >= 11 is 5.81. The molecule has 0 spiro atoms. The molecule has 0 aliphatic rings. The molecule has 1 rings (SSSR count). The van der Waals surface area contributed by atoms with Crippen LogP contribution in [0.2, 0.25) is 5.02 Å². The summed E-state index contributed by atoms with van der Waals surface area (Å²) in [5.41, 5.74) is 6.03. The van der Waals surface area contributed by atoms with Crippen molar-refractivity contribution < 1.29 is 18.7 Å². The lowest BCUT2D eigenvalue weighted by Crippen LogP contribution is -2.31. The minimum Gasteiger partial charge on any atom is -0.496 e. The highest BCUT2D eigenvalue weighted by Gasteiger charge is 2.29. The van der Waals surface area contributed by atoms with Crippen LogP contribution in [0.3, 0.4) is 0 Å². The fourth-order valence-corrected chi connectivity index (χ4v) is 1.67. The number of carbonyl (C=O) groups is 1. The number of benzene rings is 1. The normalized spacial score (nSPS) is 13.1. The van der Waals surface area contributed by atoms with Gasteiger partial charge in [-0.25, -0.2) is 9.18 Å². The second-order valence-electron chi connectivity index (χ2n) is 3.57. The highest BCUT2D eigenvalue weighted by atomic mass is 35.5. The number of esters is 1. The number of hydrogen-bond donors (Lipinski definition) is 1. The Labute approximate surface area is 122 Å². The molecule has 0 fully saturated rings. The molecular weight excluding hydrogens is 296 g/mol. The van der Waals surface area contributed by atoms with E-state index in [1.807, 2.05) is 0 Å². The summed E-state index contributed by atoms with van der Waals surface area (Å²) in [4.78, 5) is 11.3. The van der Waals surface area contributed by atoms with E-state index >= 15 is 0 Å². The molecule has 0 saturated heterocycles. The molecule has 0 aliphatic carbocycles. The highest BCUT2D eigenvalue weighted by molar-refractivity contribution is 6.30. The van der Waals surface area contributed by atoms with Crippen molar-refractivity contribution >= 4 is 30.0 Å². The molecule has 1 aromatic rings. The molecule has 19 heavy (non-hydrogen) atoms. The van der Waals surface area contributed by atoms with E-state index in [2.05, 4.69) is 4.74 Å². The molecule has 0 aliphatic heterocycles. The van der Waals surface area contributed by atoms with Crippen LogP contribution >= 0.6 is 24.0 Å². The average Bonchev–Trinajstić information content (AvgIpc) is 2.37. The fraction of sp³-hybridized carbons (Fsp3) is 0.417. The second kappa shape index (κ2) is 8.19. The van der Waals surface area contributed by atoms with Crippen molar-refractivity contribution in [3.05, 3.63) is 28.8 Å². The van der Waals surface area contributed by atoms with Gasteiger partial charge < -0.3 is 15.2 Å². The van der Waals surface area contributed by atoms with Crippen molar-refractivity contribution in [1.29, 1.82) is 0 Å². The van der Waals surface area contributed by atoms with Gasteiger partial charge in [-0.2, -0.15) is 0 Å². The van der Waals surface area contributed by atoms with Crippen molar-refractivity contribution in [2.24, 2.45) is 5.73 Å². The highest BCUT2D eigenvalue weighted by Crippen LogP contribution is 2.30. The summed E-state index contributed by atoms with van der Waals surface area (Å²) in [6.45, 7) is 1.69. The van der Waals surface area contributed by atoms with Gasteiger partial charge in [0.2, 0.25) is 6.17 Å². The predicted molar refractivity (Wildman–Crippen MR) is 73.7 cm³/mol. The molecule has 0 radical (unpaired) electrons. The Morgan fingerprint density at radius 1 is 1.53 bits per heavy atom. The third kappa shape index (κ3) is 4.53. The number of hydrogen-bond acceptors (Lipinski definition) is 4. The molecule has 0 heterocycles. The third-order valence-electron chi connectivity index (χ3n) is 2.38. The Bertz CT molecular complexity index is 431. The van der Waals surface area contributed by atoms with Crippen LogP contribution in [0.4, 0.5) is 4.39 Å². The minimum absolute atomic E-state index is 0. The second-order valence-corrected chi connectivity index (χ2v) is 4.00. The lowest BCUT2D eigenvalue weighted by molar-refractivity contribution is -0.149. The first-order chi connectivity index (χ1) is 8.51. The van der Waals surface area contributed by atoms with Gasteiger partial charge >= 0.3 is 5.97 Å². The van der Waals surface area contributed by atoms with Gasteiger partial charge in [0.25, 0.3) is 0 Å². The van der Waals surface area contributed by atoms with E-state index in [0.717, 1.165) is 0 Å². The standard InChI is InChI=1S/C12H15ClFNO3.ClH/c1-3-18-12(16)10(14)11(15)8-6-7(13)4-5-9(8)17-2;/h4-6,10-11H,3,15H2,1-2H3;1H/t10?,11-;/m0./s1. The number of rotatable bonds is 5. The molecule has 0 amide bonds. The number of carbonyl (C=O) groups excluding carboxylic acids is 1. The Balaban J connectivity index is 0.00000324. The van der Waals surface area contributed by atoms with Crippen LogP contribution in [0.1, 0.15) is 18.5 Å². The van der Waals surface area contributed by atoms with Crippen molar-refractivity contribution in [1.82, 2.24) is 0 Å². The number of alkyl halides is 1. The zero-order valence-electron chi connectivity index (χ0n) is 10.6. The van der Waals surface area contributed by atoms with Crippen LogP contribution in [0.5, 0.6) is 5.75 Å². The maximum absolute atomic E-state index is 13.8. The van der Waals surface area contributed by atoms with Gasteiger partial charge in [0.1, 0.15) is 5.75 Å². The van der Waals surface area contributed by atoms with Gasteiger partial charge in [-0.05, 0) is 25.1 Å². The van der Waals surface area contributed by atoms with E-state index in [-0.39, 0.29) is 19.0 Å². The van der Waals surface area contributed by atoms with Crippen LogP contribution < -0.4 is 10.5 Å². The fourth-order valence-electron chi connectivity index (χ4n) is 1.49. The van der Waals surface area contributed by atoms with E-state index in [4.69, 9.17) is 22.1 Å². The summed E-state index contributed by atoms with van der Waals surface area (Å²) in [5, 5.41) is 0.386. The predicted octanol–water partition coefficient (Wildman–Crippen LogP) is 2.67. The number of nitrogens with two attached hydrogens (primary N) is 1. The maximum atomic E-state index is 13.8. The Hall–Kier alpha value is -1.04. The molecule has 108 valence electrons. The summed E-state index contributed by atoms with van der Waals surface area (Å²) in [5.74, 6) is -0.620. The van der Waals surface area contributed by atoms with E-state index in [1.165, 1.54) is 13.2 Å². The lowest BCUT2D eigenvalue weighted by Gasteiger charge is -2.18. The molecule has 1 unspecified atom stereocenters. The molecule has 4 nitrogen and oxygen atoms in total. The Morgan fingerprint density at radius 3 is 2.68 bits per heavy atom. The number of methoxy groups -OCH3 is 1. The van der Waals surface area contributed by atoms with Crippen molar-refractivity contribution in [3.8, 4) is 5.75 Å². The molecule has 2 atom stereocenters. The van der Waals surface area contributed by atoms with Crippen molar-refractivity contribution in [2.75, 3.05) is 13.7 Å². The van der Waals surface area contributed by atoms with E-state index in [9.17, 15) is 9.18 Å². The van der Waals surface area contributed by atoms with Gasteiger partial charge in [0.05, 0.1) is 19.8 Å². The topological polar surface area (TPSA) is 61.5 Å². The van der Waals surface area contributed by atoms with E-state index in [0.29, 0.717) is 16.3 Å². The van der Waals surface area contributed by atoms with Gasteiger partial charge in [-0.3, -0.25) is 0 Å². The van der Waals surface area contributed by atoms with Crippen LogP contribution in [-0.4, -0.2) is 25.9 Å². The molecule has 1 aromatic carbocycles. The molecule has 0 aromatic heterocycles.